The first-order chi connectivity index (χ1) is 20.5. The van der Waals surface area contributed by atoms with Gasteiger partial charge in [0, 0.05) is 6.42 Å². The topological polar surface area (TPSA) is 157 Å². The minimum atomic E-state index is -0.584. The molecule has 1 fully saturated rings. The Kier molecular flexibility index (Phi) is 11.6. The second-order valence-corrected chi connectivity index (χ2v) is 10.8. The highest BCUT2D eigenvalue weighted by molar-refractivity contribution is 5.88. The zero-order valence-corrected chi connectivity index (χ0v) is 24.6. The van der Waals surface area contributed by atoms with Crippen LogP contribution < -0.4 is 16.3 Å². The molecule has 6 N–H and O–H groups in total. The summed E-state index contributed by atoms with van der Waals surface area (Å²) in [6, 6.07) is 11.7. The number of aromatic amines is 2. The van der Waals surface area contributed by atoms with Gasteiger partial charge in [-0.25, -0.2) is 20.2 Å². The maximum Gasteiger partial charge on any atom is 0.354 e. The van der Waals surface area contributed by atoms with Gasteiger partial charge in [0.25, 0.3) is 0 Å². The third-order valence-electron chi connectivity index (χ3n) is 7.36. The molecule has 226 valence electrons. The molecule has 2 aromatic heterocycles. The van der Waals surface area contributed by atoms with Gasteiger partial charge in [-0.3, -0.25) is 10.0 Å². The van der Waals surface area contributed by atoms with Crippen LogP contribution in [-0.2, 0) is 27.3 Å². The van der Waals surface area contributed by atoms with Crippen LogP contribution in [0.2, 0.25) is 0 Å². The number of aryl methyl sites for hydroxylation is 2. The molecule has 11 heteroatoms. The molecule has 42 heavy (non-hydrogen) atoms. The lowest BCUT2D eigenvalue weighted by Gasteiger charge is -2.08. The summed E-state index contributed by atoms with van der Waals surface area (Å²) in [7, 11) is 0. The molecular weight excluding hydrogens is 534 g/mol. The number of H-pyrrole nitrogens is 2. The van der Waals surface area contributed by atoms with Crippen LogP contribution in [0.3, 0.4) is 0 Å². The van der Waals surface area contributed by atoms with Crippen molar-refractivity contribution < 1.29 is 19.6 Å². The first-order valence-corrected chi connectivity index (χ1v) is 15.1. The molecular formula is C31H43N7O4. The standard InChI is InChI=1S/C18H24N4O3.C13H19N3O/c1-2-3-4-5-6-12-7-8-13-15(11-12)21-18(20-13)22-25-17(24)14-9-10-16(23)19-14;1-2-3-4-5-6-10-7-8-11-12(9-10)15-13(14-11)16-17/h7-8,11,14H,2-6,9-10H2,1H3,(H,19,23)(H2,20,21,22);7-9,17H,2-6H2,1H3,(H2,14,15,16). The molecule has 0 aliphatic carbocycles. The number of imidazole rings is 2. The number of carbonyl (C=O) groups excluding carboxylic acids is 2. The molecule has 0 saturated carbocycles. The summed E-state index contributed by atoms with van der Waals surface area (Å²) in [6.45, 7) is 4.43. The summed E-state index contributed by atoms with van der Waals surface area (Å²) < 4.78 is 0. The number of nitrogens with zero attached hydrogens (tertiary/aromatic N) is 2. The van der Waals surface area contributed by atoms with Crippen LogP contribution in [0.4, 0.5) is 11.9 Å². The second-order valence-electron chi connectivity index (χ2n) is 10.8. The van der Waals surface area contributed by atoms with Crippen LogP contribution >= 0.6 is 0 Å². The van der Waals surface area contributed by atoms with Crippen molar-refractivity contribution in [3.63, 3.8) is 0 Å². The number of amides is 1. The molecule has 2 aromatic carbocycles. The molecule has 0 radical (unpaired) electrons. The van der Waals surface area contributed by atoms with E-state index >= 15 is 0 Å². The molecule has 1 atom stereocenters. The Labute approximate surface area is 246 Å². The van der Waals surface area contributed by atoms with Gasteiger partial charge >= 0.3 is 5.97 Å². The van der Waals surface area contributed by atoms with E-state index < -0.39 is 12.0 Å². The van der Waals surface area contributed by atoms with Gasteiger partial charge < -0.3 is 20.1 Å². The van der Waals surface area contributed by atoms with Gasteiger partial charge in [0.1, 0.15) is 6.04 Å². The molecule has 1 aliphatic heterocycles. The minimum absolute atomic E-state index is 0.128. The monoisotopic (exact) mass is 577 g/mol. The van der Waals surface area contributed by atoms with Gasteiger partial charge in [0.15, 0.2) is 0 Å². The van der Waals surface area contributed by atoms with E-state index in [1.165, 1.54) is 62.5 Å². The van der Waals surface area contributed by atoms with Gasteiger partial charge in [0.2, 0.25) is 17.8 Å². The van der Waals surface area contributed by atoms with Crippen LogP contribution in [0, 0.1) is 0 Å². The fraction of sp³-hybridized carbons (Fsp3) is 0.484. The number of rotatable bonds is 14. The molecule has 1 unspecified atom stereocenters. The first kappa shape index (κ1) is 30.8. The number of hydrogen-bond acceptors (Lipinski definition) is 8. The third kappa shape index (κ3) is 8.94. The second kappa shape index (κ2) is 15.8. The smallest absolute Gasteiger partial charge is 0.343 e. The molecule has 3 heterocycles. The van der Waals surface area contributed by atoms with E-state index in [-0.39, 0.29) is 5.91 Å². The summed E-state index contributed by atoms with van der Waals surface area (Å²) in [4.78, 5) is 42.6. The lowest BCUT2D eigenvalue weighted by Crippen LogP contribution is -2.35. The van der Waals surface area contributed by atoms with Crippen molar-refractivity contribution >= 4 is 45.8 Å². The Morgan fingerprint density at radius 2 is 1.45 bits per heavy atom. The maximum absolute atomic E-state index is 11.9. The molecule has 1 aliphatic rings. The highest BCUT2D eigenvalue weighted by Gasteiger charge is 2.29. The third-order valence-corrected chi connectivity index (χ3v) is 7.36. The van der Waals surface area contributed by atoms with Crippen molar-refractivity contribution in [1.82, 2.24) is 25.3 Å². The Balaban J connectivity index is 0.000000208. The largest absolute Gasteiger partial charge is 0.354 e. The van der Waals surface area contributed by atoms with E-state index in [2.05, 4.69) is 68.8 Å². The number of carbonyl (C=O) groups is 2. The van der Waals surface area contributed by atoms with Gasteiger partial charge in [-0.05, 0) is 67.5 Å². The summed E-state index contributed by atoms with van der Waals surface area (Å²) in [5, 5.41) is 11.3. The van der Waals surface area contributed by atoms with E-state index in [0.29, 0.717) is 24.7 Å². The van der Waals surface area contributed by atoms with Crippen molar-refractivity contribution in [2.75, 3.05) is 11.0 Å². The van der Waals surface area contributed by atoms with E-state index in [1.54, 1.807) is 0 Å². The average Bonchev–Trinajstić information content (AvgIpc) is 3.74. The lowest BCUT2D eigenvalue weighted by molar-refractivity contribution is -0.143. The maximum atomic E-state index is 11.9. The van der Waals surface area contributed by atoms with Crippen LogP contribution in [0.25, 0.3) is 22.1 Å². The van der Waals surface area contributed by atoms with Crippen molar-refractivity contribution in [3.05, 3.63) is 47.5 Å². The number of hydrogen-bond donors (Lipinski definition) is 6. The van der Waals surface area contributed by atoms with E-state index in [4.69, 9.17) is 10.0 Å². The number of anilines is 2. The van der Waals surface area contributed by atoms with Crippen molar-refractivity contribution in [3.8, 4) is 0 Å². The van der Waals surface area contributed by atoms with Crippen molar-refractivity contribution in [2.24, 2.45) is 0 Å². The number of aromatic nitrogens is 4. The fourth-order valence-corrected chi connectivity index (χ4v) is 5.00. The van der Waals surface area contributed by atoms with Crippen LogP contribution in [-0.4, -0.2) is 43.1 Å². The molecule has 5 rings (SSSR count). The fourth-order valence-electron chi connectivity index (χ4n) is 5.00. The summed E-state index contributed by atoms with van der Waals surface area (Å²) in [5.41, 5.74) is 10.7. The Morgan fingerprint density at radius 3 is 1.98 bits per heavy atom. The quantitative estimate of drug-likeness (QED) is 0.0751. The molecule has 0 spiro atoms. The zero-order valence-electron chi connectivity index (χ0n) is 24.6. The van der Waals surface area contributed by atoms with Crippen LogP contribution in [0.15, 0.2) is 36.4 Å². The normalized spacial score (nSPS) is 14.5. The predicted octanol–water partition coefficient (Wildman–Crippen LogP) is 6.32. The van der Waals surface area contributed by atoms with Gasteiger partial charge in [-0.15, -0.1) is 0 Å². The SMILES string of the molecule is CCCCCCc1ccc2nc(NO)[nH]c2c1.CCCCCCc1ccc2nc(NOC(=O)C3CCC(=O)N3)[nH]c2c1. The summed E-state index contributed by atoms with van der Waals surface area (Å²) in [6.07, 6.45) is 13.0. The minimum Gasteiger partial charge on any atom is -0.343 e. The average molecular weight is 578 g/mol. The first-order valence-electron chi connectivity index (χ1n) is 15.1. The highest BCUT2D eigenvalue weighted by Crippen LogP contribution is 2.19. The van der Waals surface area contributed by atoms with Crippen LogP contribution in [0.5, 0.6) is 0 Å². The van der Waals surface area contributed by atoms with Crippen molar-refractivity contribution in [1.29, 1.82) is 0 Å². The van der Waals surface area contributed by atoms with E-state index in [1.807, 2.05) is 17.6 Å². The number of nitrogens with one attached hydrogen (secondary N) is 5. The molecule has 0 bridgehead atoms. The summed E-state index contributed by atoms with van der Waals surface area (Å²) >= 11 is 0. The molecule has 11 nitrogen and oxygen atoms in total. The Bertz CT molecular complexity index is 1450. The van der Waals surface area contributed by atoms with Crippen LogP contribution in [0.1, 0.15) is 89.2 Å². The van der Waals surface area contributed by atoms with E-state index in [0.717, 1.165) is 34.9 Å². The summed E-state index contributed by atoms with van der Waals surface area (Å²) in [5.74, 6) is 0.124. The number of fused-ring (bicyclic) bond motifs is 2. The molecule has 1 saturated heterocycles. The zero-order chi connectivity index (χ0) is 29.7. The Hall–Kier alpha value is -4.12. The van der Waals surface area contributed by atoms with Gasteiger partial charge in [-0.2, -0.15) is 5.48 Å². The van der Waals surface area contributed by atoms with Gasteiger partial charge in [0.05, 0.1) is 22.1 Å². The van der Waals surface area contributed by atoms with Gasteiger partial charge in [-0.1, -0.05) is 64.5 Å². The molecule has 4 aromatic rings. The highest BCUT2D eigenvalue weighted by atomic mass is 16.7. The predicted molar refractivity (Wildman–Crippen MR) is 164 cm³/mol. The number of benzene rings is 2. The lowest BCUT2D eigenvalue weighted by atomic mass is 10.1. The van der Waals surface area contributed by atoms with Crippen molar-refractivity contribution in [2.45, 2.75) is 96.9 Å². The van der Waals surface area contributed by atoms with E-state index in [9.17, 15) is 9.59 Å². The molecule has 1 amide bonds. The Morgan fingerprint density at radius 1 is 0.881 bits per heavy atom. The number of unbranched alkanes of at least 4 members (excludes halogenated alkanes) is 6.